The predicted octanol–water partition coefficient (Wildman–Crippen LogP) is 0.593. The first kappa shape index (κ1) is 14.0. The van der Waals surface area contributed by atoms with Crippen molar-refractivity contribution in [3.8, 4) is 0 Å². The molecular formula is C12H15NO5S. The molecule has 0 spiro atoms. The number of benzene rings is 1. The molecule has 0 radical (unpaired) electrons. The van der Waals surface area contributed by atoms with Crippen LogP contribution in [0, 0.1) is 0 Å². The number of nitrogens with one attached hydrogen (secondary N) is 1. The van der Waals surface area contributed by atoms with Crippen molar-refractivity contribution in [3.05, 3.63) is 35.4 Å². The van der Waals surface area contributed by atoms with Crippen LogP contribution in [0.15, 0.2) is 24.3 Å². The lowest BCUT2D eigenvalue weighted by Gasteiger charge is -2.11. The van der Waals surface area contributed by atoms with E-state index in [0.29, 0.717) is 18.6 Å². The molecule has 1 saturated heterocycles. The molecule has 2 N–H and O–H groups in total. The summed E-state index contributed by atoms with van der Waals surface area (Å²) in [6.07, 6.45) is 0.507. The molecule has 1 atom stereocenters. The van der Waals surface area contributed by atoms with Gasteiger partial charge in [-0.1, -0.05) is 12.1 Å². The highest BCUT2D eigenvalue weighted by Crippen LogP contribution is 2.13. The molecule has 1 aromatic rings. The van der Waals surface area contributed by atoms with Gasteiger partial charge in [0.1, 0.15) is 5.25 Å². The van der Waals surface area contributed by atoms with Crippen molar-refractivity contribution in [2.45, 2.75) is 18.2 Å². The van der Waals surface area contributed by atoms with E-state index in [-0.39, 0.29) is 18.7 Å². The van der Waals surface area contributed by atoms with Crippen LogP contribution in [0.2, 0.25) is 0 Å². The number of carboxylic acid groups (broad SMARTS) is 1. The summed E-state index contributed by atoms with van der Waals surface area (Å²) in [6, 6.07) is 6.09. The quantitative estimate of drug-likeness (QED) is 0.826. The van der Waals surface area contributed by atoms with E-state index >= 15 is 0 Å². The number of rotatable bonds is 5. The highest BCUT2D eigenvalue weighted by molar-refractivity contribution is 7.90. The summed E-state index contributed by atoms with van der Waals surface area (Å²) < 4.78 is 31.4. The molecule has 0 bridgehead atoms. The minimum absolute atomic E-state index is 0.152. The Balaban J connectivity index is 1.96. The smallest absolute Gasteiger partial charge is 0.335 e. The van der Waals surface area contributed by atoms with E-state index in [1.54, 1.807) is 12.1 Å². The molecule has 2 rings (SSSR count). The average Bonchev–Trinajstić information content (AvgIpc) is 2.91. The van der Waals surface area contributed by atoms with Gasteiger partial charge in [-0.05, 0) is 24.1 Å². The summed E-state index contributed by atoms with van der Waals surface area (Å²) in [4.78, 5) is 10.7. The van der Waals surface area contributed by atoms with Crippen LogP contribution in [0.1, 0.15) is 22.3 Å². The lowest BCUT2D eigenvalue weighted by molar-refractivity contribution is 0.0697. The highest BCUT2D eigenvalue weighted by atomic mass is 32.2. The highest BCUT2D eigenvalue weighted by Gasteiger charge is 2.29. The maximum atomic E-state index is 11.9. The first-order valence-electron chi connectivity index (χ1n) is 5.87. The van der Waals surface area contributed by atoms with Gasteiger partial charge in [-0.25, -0.2) is 17.9 Å². The number of aromatic carboxylic acids is 1. The largest absolute Gasteiger partial charge is 0.478 e. The monoisotopic (exact) mass is 285 g/mol. The first-order valence-corrected chi connectivity index (χ1v) is 7.42. The van der Waals surface area contributed by atoms with Crippen LogP contribution < -0.4 is 4.72 Å². The molecule has 19 heavy (non-hydrogen) atoms. The minimum Gasteiger partial charge on any atom is -0.478 e. The maximum Gasteiger partial charge on any atom is 0.335 e. The van der Waals surface area contributed by atoms with Gasteiger partial charge in [0, 0.05) is 13.2 Å². The third kappa shape index (κ3) is 3.52. The molecular weight excluding hydrogens is 270 g/mol. The number of carboxylic acids is 1. The van der Waals surface area contributed by atoms with Crippen molar-refractivity contribution in [1.29, 1.82) is 0 Å². The van der Waals surface area contributed by atoms with Gasteiger partial charge in [0.05, 0.1) is 12.2 Å². The van der Waals surface area contributed by atoms with Crippen LogP contribution in [0.4, 0.5) is 0 Å². The summed E-state index contributed by atoms with van der Waals surface area (Å²) in [6.45, 7) is 0.852. The summed E-state index contributed by atoms with van der Waals surface area (Å²) in [5.41, 5.74) is 0.892. The zero-order chi connectivity index (χ0) is 13.9. The van der Waals surface area contributed by atoms with E-state index < -0.39 is 21.2 Å². The molecule has 1 aromatic carbocycles. The Morgan fingerprint density at radius 2 is 2.05 bits per heavy atom. The molecule has 1 aliphatic rings. The second kappa shape index (κ2) is 5.68. The molecule has 7 heteroatoms. The van der Waals surface area contributed by atoms with E-state index in [1.165, 1.54) is 12.1 Å². The third-order valence-electron chi connectivity index (χ3n) is 3.01. The molecule has 1 heterocycles. The fraction of sp³-hybridized carbons (Fsp3) is 0.417. The molecule has 1 unspecified atom stereocenters. The Bertz CT molecular complexity index is 546. The van der Waals surface area contributed by atoms with Crippen LogP contribution in [0.3, 0.4) is 0 Å². The molecule has 104 valence electrons. The van der Waals surface area contributed by atoms with E-state index in [9.17, 15) is 13.2 Å². The fourth-order valence-electron chi connectivity index (χ4n) is 1.82. The van der Waals surface area contributed by atoms with Gasteiger partial charge < -0.3 is 9.84 Å². The number of ether oxygens (including phenoxy) is 1. The number of carbonyl (C=O) groups is 1. The van der Waals surface area contributed by atoms with Crippen molar-refractivity contribution >= 4 is 16.0 Å². The Hall–Kier alpha value is -1.44. The molecule has 1 fully saturated rings. The molecule has 0 aliphatic carbocycles. The first-order chi connectivity index (χ1) is 8.99. The van der Waals surface area contributed by atoms with Crippen molar-refractivity contribution < 1.29 is 23.1 Å². The Kier molecular flexibility index (Phi) is 4.18. The van der Waals surface area contributed by atoms with Gasteiger partial charge in [-0.2, -0.15) is 0 Å². The second-order valence-corrected chi connectivity index (χ2v) is 6.40. The van der Waals surface area contributed by atoms with Crippen molar-refractivity contribution in [2.24, 2.45) is 0 Å². The number of sulfonamides is 1. The van der Waals surface area contributed by atoms with Crippen molar-refractivity contribution in [2.75, 3.05) is 13.2 Å². The Morgan fingerprint density at radius 1 is 1.37 bits per heavy atom. The summed E-state index contributed by atoms with van der Waals surface area (Å²) >= 11 is 0. The molecule has 0 aromatic heterocycles. The summed E-state index contributed by atoms with van der Waals surface area (Å²) in [5, 5.41) is 8.26. The molecule has 1 aliphatic heterocycles. The number of hydrogen-bond donors (Lipinski definition) is 2. The fourth-order valence-corrected chi connectivity index (χ4v) is 3.11. The minimum atomic E-state index is -3.38. The normalized spacial score (nSPS) is 19.5. The van der Waals surface area contributed by atoms with Gasteiger partial charge in [0.2, 0.25) is 10.0 Å². The SMILES string of the molecule is O=C(O)c1ccc(CNS(=O)(=O)C2CCOC2)cc1. The van der Waals surface area contributed by atoms with Crippen LogP contribution in [-0.2, 0) is 21.3 Å². The van der Waals surface area contributed by atoms with Gasteiger partial charge in [-0.15, -0.1) is 0 Å². The molecule has 6 nitrogen and oxygen atoms in total. The lowest BCUT2D eigenvalue weighted by Crippen LogP contribution is -2.34. The van der Waals surface area contributed by atoms with Crippen LogP contribution >= 0.6 is 0 Å². The second-order valence-electron chi connectivity index (χ2n) is 4.35. The third-order valence-corrected chi connectivity index (χ3v) is 4.80. The van der Waals surface area contributed by atoms with E-state index in [0.717, 1.165) is 0 Å². The van der Waals surface area contributed by atoms with Gasteiger partial charge >= 0.3 is 5.97 Å². The van der Waals surface area contributed by atoms with Crippen LogP contribution in [0.25, 0.3) is 0 Å². The lowest BCUT2D eigenvalue weighted by atomic mass is 10.1. The zero-order valence-corrected chi connectivity index (χ0v) is 11.0. The van der Waals surface area contributed by atoms with Crippen molar-refractivity contribution in [1.82, 2.24) is 4.72 Å². The van der Waals surface area contributed by atoms with E-state index in [2.05, 4.69) is 4.72 Å². The summed E-state index contributed by atoms with van der Waals surface area (Å²) in [7, 11) is -3.38. The predicted molar refractivity (Wildman–Crippen MR) is 68.4 cm³/mol. The topological polar surface area (TPSA) is 92.7 Å². The maximum absolute atomic E-state index is 11.9. The van der Waals surface area contributed by atoms with Crippen molar-refractivity contribution in [3.63, 3.8) is 0 Å². The van der Waals surface area contributed by atoms with Gasteiger partial charge in [0.15, 0.2) is 0 Å². The number of hydrogen-bond acceptors (Lipinski definition) is 4. The average molecular weight is 285 g/mol. The summed E-state index contributed by atoms with van der Waals surface area (Å²) in [5.74, 6) is -1.00. The Morgan fingerprint density at radius 3 is 2.58 bits per heavy atom. The van der Waals surface area contributed by atoms with Gasteiger partial charge in [0.25, 0.3) is 0 Å². The van der Waals surface area contributed by atoms with Crippen LogP contribution in [-0.4, -0.2) is 38.0 Å². The Labute approximate surface area is 111 Å². The van der Waals surface area contributed by atoms with E-state index in [4.69, 9.17) is 9.84 Å². The van der Waals surface area contributed by atoms with Gasteiger partial charge in [-0.3, -0.25) is 0 Å². The van der Waals surface area contributed by atoms with Crippen LogP contribution in [0.5, 0.6) is 0 Å². The standard InChI is InChI=1S/C12H15NO5S/c14-12(15)10-3-1-9(2-4-10)7-13-19(16,17)11-5-6-18-8-11/h1-4,11,13H,5-8H2,(H,14,15). The molecule has 0 saturated carbocycles. The zero-order valence-electron chi connectivity index (χ0n) is 10.2. The molecule has 0 amide bonds. The van der Waals surface area contributed by atoms with E-state index in [1.807, 2.05) is 0 Å².